The molecule has 1 unspecified atom stereocenters. The highest BCUT2D eigenvalue weighted by Crippen LogP contribution is 2.29. The Kier molecular flexibility index (Phi) is 9.86. The zero-order chi connectivity index (χ0) is 29.6. The molecule has 7 nitrogen and oxygen atoms in total. The summed E-state index contributed by atoms with van der Waals surface area (Å²) in [6.07, 6.45) is 4.44. The van der Waals surface area contributed by atoms with Gasteiger partial charge in [0.05, 0.1) is 10.6 Å². The number of hydrogen-bond acceptors (Lipinski definition) is 4. The minimum atomic E-state index is -4.09. The smallest absolute Gasteiger partial charge is 0.264 e. The molecule has 0 radical (unpaired) electrons. The molecule has 0 aromatic heterocycles. The van der Waals surface area contributed by atoms with E-state index in [-0.39, 0.29) is 23.4 Å². The van der Waals surface area contributed by atoms with Crippen LogP contribution in [0.2, 0.25) is 0 Å². The van der Waals surface area contributed by atoms with Crippen molar-refractivity contribution in [3.05, 3.63) is 95.1 Å². The number of carbonyl (C=O) groups excluding carboxylic acids is 2. The number of aryl methyl sites for hydroxylation is 3. The van der Waals surface area contributed by atoms with E-state index in [1.165, 1.54) is 16.4 Å². The number of hydrogen-bond donors (Lipinski definition) is 1. The Bertz CT molecular complexity index is 1450. The average Bonchev–Trinajstić information content (AvgIpc) is 3.47. The first-order valence-corrected chi connectivity index (χ1v) is 15.8. The fourth-order valence-electron chi connectivity index (χ4n) is 5.40. The molecule has 1 fully saturated rings. The van der Waals surface area contributed by atoms with Crippen LogP contribution in [-0.4, -0.2) is 43.8 Å². The zero-order valence-corrected chi connectivity index (χ0v) is 25.3. The summed E-state index contributed by atoms with van der Waals surface area (Å²) in [6, 6.07) is 20.9. The molecule has 218 valence electrons. The van der Waals surface area contributed by atoms with E-state index >= 15 is 0 Å². The second-order valence-corrected chi connectivity index (χ2v) is 12.9. The fourth-order valence-corrected chi connectivity index (χ4v) is 6.89. The third-order valence-electron chi connectivity index (χ3n) is 7.80. The molecule has 3 aromatic carbocycles. The van der Waals surface area contributed by atoms with Crippen molar-refractivity contribution in [2.45, 2.75) is 83.3 Å². The van der Waals surface area contributed by atoms with E-state index in [1.54, 1.807) is 29.2 Å². The van der Waals surface area contributed by atoms with Gasteiger partial charge in [0.15, 0.2) is 0 Å². The molecular formula is C33H41N3O4S. The second kappa shape index (κ2) is 13.3. The van der Waals surface area contributed by atoms with Crippen molar-refractivity contribution < 1.29 is 18.0 Å². The summed E-state index contributed by atoms with van der Waals surface area (Å²) >= 11 is 0. The Morgan fingerprint density at radius 2 is 1.54 bits per heavy atom. The normalized spacial score (nSPS) is 14.4. The number of anilines is 1. The second-order valence-electron chi connectivity index (χ2n) is 11.0. The van der Waals surface area contributed by atoms with Crippen LogP contribution in [0.3, 0.4) is 0 Å². The van der Waals surface area contributed by atoms with Gasteiger partial charge in [-0.3, -0.25) is 13.9 Å². The van der Waals surface area contributed by atoms with Crippen molar-refractivity contribution in [3.8, 4) is 0 Å². The maximum atomic E-state index is 14.3. The van der Waals surface area contributed by atoms with Gasteiger partial charge in [0.25, 0.3) is 10.0 Å². The summed E-state index contributed by atoms with van der Waals surface area (Å²) in [6.45, 7) is 7.37. The molecule has 0 heterocycles. The van der Waals surface area contributed by atoms with Crippen LogP contribution < -0.4 is 9.62 Å². The van der Waals surface area contributed by atoms with Crippen molar-refractivity contribution in [2.75, 3.05) is 10.8 Å². The number of rotatable bonds is 11. The summed E-state index contributed by atoms with van der Waals surface area (Å²) in [5.74, 6) is -0.622. The molecule has 1 aliphatic rings. The lowest BCUT2D eigenvalue weighted by Gasteiger charge is -2.34. The lowest BCUT2D eigenvalue weighted by atomic mass is 10.1. The highest BCUT2D eigenvalue weighted by molar-refractivity contribution is 7.92. The molecule has 2 amide bonds. The lowest BCUT2D eigenvalue weighted by Crippen LogP contribution is -2.53. The Hall–Kier alpha value is -3.65. The van der Waals surface area contributed by atoms with Crippen molar-refractivity contribution in [1.29, 1.82) is 0 Å². The van der Waals surface area contributed by atoms with Crippen LogP contribution in [0, 0.1) is 20.8 Å². The molecule has 3 aromatic rings. The van der Waals surface area contributed by atoms with E-state index in [9.17, 15) is 18.0 Å². The Balaban J connectivity index is 1.73. The number of nitrogens with zero attached hydrogens (tertiary/aromatic N) is 2. The molecule has 1 N–H and O–H groups in total. The van der Waals surface area contributed by atoms with Crippen LogP contribution in [0.25, 0.3) is 0 Å². The van der Waals surface area contributed by atoms with E-state index in [0.29, 0.717) is 12.1 Å². The van der Waals surface area contributed by atoms with E-state index in [1.807, 2.05) is 64.1 Å². The minimum Gasteiger partial charge on any atom is -0.352 e. The standard InChI is InChI=1S/C33H41N3O4S/c1-5-30(33(38)34-28-11-9-10-12-28)35(22-27-19-16-24(2)17-20-27)32(37)23-36(31-21-25(3)15-18-26(31)4)41(39,40)29-13-7-6-8-14-29/h6-8,13-21,28,30H,5,9-12,22-23H2,1-4H3,(H,34,38). The van der Waals surface area contributed by atoms with Gasteiger partial charge in [-0.25, -0.2) is 8.42 Å². The summed E-state index contributed by atoms with van der Waals surface area (Å²) in [5, 5.41) is 3.15. The molecule has 0 aliphatic heterocycles. The molecule has 1 atom stereocenters. The molecule has 0 saturated heterocycles. The predicted molar refractivity (Wildman–Crippen MR) is 163 cm³/mol. The van der Waals surface area contributed by atoms with Gasteiger partial charge in [0, 0.05) is 12.6 Å². The molecule has 4 rings (SSSR count). The third-order valence-corrected chi connectivity index (χ3v) is 9.58. The highest BCUT2D eigenvalue weighted by Gasteiger charge is 2.35. The average molecular weight is 576 g/mol. The van der Waals surface area contributed by atoms with Crippen LogP contribution in [-0.2, 0) is 26.2 Å². The zero-order valence-electron chi connectivity index (χ0n) is 24.5. The van der Waals surface area contributed by atoms with Crippen molar-refractivity contribution in [2.24, 2.45) is 0 Å². The summed E-state index contributed by atoms with van der Waals surface area (Å²) in [4.78, 5) is 29.5. The van der Waals surface area contributed by atoms with Crippen LogP contribution in [0.1, 0.15) is 61.3 Å². The topological polar surface area (TPSA) is 86.8 Å². The number of carbonyl (C=O) groups is 2. The molecule has 0 spiro atoms. The molecule has 41 heavy (non-hydrogen) atoms. The van der Waals surface area contributed by atoms with Crippen molar-refractivity contribution in [3.63, 3.8) is 0 Å². The monoisotopic (exact) mass is 575 g/mol. The van der Waals surface area contributed by atoms with Gasteiger partial charge in [-0.15, -0.1) is 0 Å². The van der Waals surface area contributed by atoms with E-state index in [0.717, 1.165) is 47.9 Å². The summed E-state index contributed by atoms with van der Waals surface area (Å²) in [7, 11) is -4.09. The Morgan fingerprint density at radius 3 is 2.17 bits per heavy atom. The summed E-state index contributed by atoms with van der Waals surface area (Å²) < 4.78 is 29.3. The first-order valence-electron chi connectivity index (χ1n) is 14.4. The van der Waals surface area contributed by atoms with Crippen molar-refractivity contribution in [1.82, 2.24) is 10.2 Å². The quantitative estimate of drug-likeness (QED) is 0.319. The van der Waals surface area contributed by atoms with Gasteiger partial charge in [-0.1, -0.05) is 79.9 Å². The SMILES string of the molecule is CCC(C(=O)NC1CCCC1)N(Cc1ccc(C)cc1)C(=O)CN(c1cc(C)ccc1C)S(=O)(=O)c1ccccc1. The number of benzene rings is 3. The molecule has 0 bridgehead atoms. The fraction of sp³-hybridized carbons (Fsp3) is 0.394. The molecule has 8 heteroatoms. The van der Waals surface area contributed by atoms with Crippen LogP contribution in [0.5, 0.6) is 0 Å². The van der Waals surface area contributed by atoms with Gasteiger partial charge in [-0.05, 0) is 74.9 Å². The molecular weight excluding hydrogens is 534 g/mol. The summed E-state index contributed by atoms with van der Waals surface area (Å²) in [5.41, 5.74) is 4.03. The largest absolute Gasteiger partial charge is 0.352 e. The molecule has 1 aliphatic carbocycles. The lowest BCUT2D eigenvalue weighted by molar-refractivity contribution is -0.140. The molecule has 1 saturated carbocycles. The van der Waals surface area contributed by atoms with Gasteiger partial charge < -0.3 is 10.2 Å². The van der Waals surface area contributed by atoms with E-state index in [2.05, 4.69) is 5.32 Å². The van der Waals surface area contributed by atoms with E-state index in [4.69, 9.17) is 0 Å². The first-order chi connectivity index (χ1) is 19.6. The van der Waals surface area contributed by atoms with Crippen molar-refractivity contribution >= 4 is 27.5 Å². The number of nitrogens with one attached hydrogen (secondary N) is 1. The van der Waals surface area contributed by atoms with Crippen LogP contribution in [0.4, 0.5) is 5.69 Å². The number of amides is 2. The predicted octanol–water partition coefficient (Wildman–Crippen LogP) is 5.67. The Morgan fingerprint density at radius 1 is 0.902 bits per heavy atom. The van der Waals surface area contributed by atoms with Gasteiger partial charge >= 0.3 is 0 Å². The minimum absolute atomic E-state index is 0.102. The highest BCUT2D eigenvalue weighted by atomic mass is 32.2. The van der Waals surface area contributed by atoms with Gasteiger partial charge in [-0.2, -0.15) is 0 Å². The van der Waals surface area contributed by atoms with Gasteiger partial charge in [0.1, 0.15) is 12.6 Å². The first kappa shape index (κ1) is 30.3. The van der Waals surface area contributed by atoms with E-state index < -0.39 is 28.5 Å². The van der Waals surface area contributed by atoms with Gasteiger partial charge in [0.2, 0.25) is 11.8 Å². The maximum Gasteiger partial charge on any atom is 0.264 e. The Labute approximate surface area is 244 Å². The third kappa shape index (κ3) is 7.36. The number of sulfonamides is 1. The van der Waals surface area contributed by atoms with Crippen LogP contribution in [0.15, 0.2) is 77.7 Å². The maximum absolute atomic E-state index is 14.3. The van der Waals surface area contributed by atoms with Crippen LogP contribution >= 0.6 is 0 Å².